The molecule has 0 radical (unpaired) electrons. The van der Waals surface area contributed by atoms with Gasteiger partial charge in [-0.05, 0) is 68.8 Å². The van der Waals surface area contributed by atoms with E-state index in [0.717, 1.165) is 24.4 Å². The normalized spacial score (nSPS) is 17.4. The summed E-state index contributed by atoms with van der Waals surface area (Å²) in [5, 5.41) is 0. The molecule has 2 aromatic rings. The molecule has 1 aromatic carbocycles. The number of benzene rings is 1. The highest BCUT2D eigenvalue weighted by atomic mass is 16.5. The van der Waals surface area contributed by atoms with Gasteiger partial charge in [0.2, 0.25) is 5.91 Å². The molecule has 4 rings (SSSR count). The van der Waals surface area contributed by atoms with E-state index in [4.69, 9.17) is 4.74 Å². The van der Waals surface area contributed by atoms with Gasteiger partial charge in [-0.2, -0.15) is 0 Å². The number of piperazine rings is 1. The first-order chi connectivity index (χ1) is 14.7. The molecule has 2 saturated heterocycles. The summed E-state index contributed by atoms with van der Waals surface area (Å²) in [7, 11) is 0. The van der Waals surface area contributed by atoms with Crippen LogP contribution in [0, 0.1) is 0 Å². The van der Waals surface area contributed by atoms with Crippen molar-refractivity contribution >= 4 is 17.5 Å². The predicted molar refractivity (Wildman–Crippen MR) is 115 cm³/mol. The summed E-state index contributed by atoms with van der Waals surface area (Å²) in [5.74, 6) is 0.602. The standard InChI is InChI=1S/C23H28N4O3/c28-22-18-26(23(29)19-8-10-24-11-9-19)15-16-27(22)20-4-6-21(7-5-20)30-17-3-14-25-12-1-2-13-25/h4-11H,1-3,12-18H2. The van der Waals surface area contributed by atoms with Crippen molar-refractivity contribution in [3.63, 3.8) is 0 Å². The fourth-order valence-electron chi connectivity index (χ4n) is 4.00. The Morgan fingerprint density at radius 2 is 1.70 bits per heavy atom. The minimum absolute atomic E-state index is 0.0793. The van der Waals surface area contributed by atoms with E-state index in [-0.39, 0.29) is 18.4 Å². The van der Waals surface area contributed by atoms with Gasteiger partial charge in [-0.15, -0.1) is 0 Å². The Bertz CT molecular complexity index is 851. The number of hydrogen-bond acceptors (Lipinski definition) is 5. The molecule has 1 aromatic heterocycles. The van der Waals surface area contributed by atoms with Crippen molar-refractivity contribution in [2.45, 2.75) is 19.3 Å². The first-order valence-corrected chi connectivity index (χ1v) is 10.7. The highest BCUT2D eigenvalue weighted by Crippen LogP contribution is 2.22. The third-order valence-corrected chi connectivity index (χ3v) is 5.67. The van der Waals surface area contributed by atoms with Gasteiger partial charge in [-0.1, -0.05) is 0 Å². The van der Waals surface area contributed by atoms with Crippen LogP contribution in [0.15, 0.2) is 48.8 Å². The first-order valence-electron chi connectivity index (χ1n) is 10.7. The molecule has 0 spiro atoms. The molecule has 7 heteroatoms. The van der Waals surface area contributed by atoms with Crippen LogP contribution in [0.1, 0.15) is 29.6 Å². The Kier molecular flexibility index (Phi) is 6.59. The number of ether oxygens (including phenoxy) is 1. The van der Waals surface area contributed by atoms with Gasteiger partial charge in [0, 0.05) is 43.3 Å². The molecule has 0 aliphatic carbocycles. The van der Waals surface area contributed by atoms with E-state index in [9.17, 15) is 9.59 Å². The lowest BCUT2D eigenvalue weighted by Gasteiger charge is -2.34. The van der Waals surface area contributed by atoms with E-state index in [2.05, 4.69) is 9.88 Å². The van der Waals surface area contributed by atoms with E-state index in [0.29, 0.717) is 25.3 Å². The Hall–Kier alpha value is -2.93. The summed E-state index contributed by atoms with van der Waals surface area (Å²) < 4.78 is 5.84. The van der Waals surface area contributed by atoms with E-state index < -0.39 is 0 Å². The molecule has 2 aliphatic rings. The summed E-state index contributed by atoms with van der Waals surface area (Å²) >= 11 is 0. The van der Waals surface area contributed by atoms with Crippen molar-refractivity contribution < 1.29 is 14.3 Å². The molecule has 7 nitrogen and oxygen atoms in total. The Morgan fingerprint density at radius 1 is 0.967 bits per heavy atom. The molecule has 0 unspecified atom stereocenters. The zero-order valence-electron chi connectivity index (χ0n) is 17.2. The molecule has 2 amide bonds. The van der Waals surface area contributed by atoms with E-state index in [1.54, 1.807) is 34.3 Å². The molecule has 30 heavy (non-hydrogen) atoms. The van der Waals surface area contributed by atoms with Crippen molar-refractivity contribution in [2.75, 3.05) is 50.8 Å². The van der Waals surface area contributed by atoms with Crippen molar-refractivity contribution in [3.05, 3.63) is 54.4 Å². The van der Waals surface area contributed by atoms with Crippen molar-refractivity contribution in [1.29, 1.82) is 0 Å². The number of pyridine rings is 1. The van der Waals surface area contributed by atoms with Crippen LogP contribution in [0.3, 0.4) is 0 Å². The number of anilines is 1. The van der Waals surface area contributed by atoms with Crippen LogP contribution in [0.5, 0.6) is 5.75 Å². The Balaban J connectivity index is 1.26. The second-order valence-electron chi connectivity index (χ2n) is 7.75. The lowest BCUT2D eigenvalue weighted by Crippen LogP contribution is -2.52. The van der Waals surface area contributed by atoms with Crippen LogP contribution in [0.2, 0.25) is 0 Å². The monoisotopic (exact) mass is 408 g/mol. The SMILES string of the molecule is O=C(c1ccncc1)N1CCN(c2ccc(OCCCN3CCCC3)cc2)C(=O)C1. The Labute approximate surface area is 177 Å². The summed E-state index contributed by atoms with van der Waals surface area (Å²) in [4.78, 5) is 34.9. The molecule has 2 fully saturated rings. The minimum atomic E-state index is -0.136. The highest BCUT2D eigenvalue weighted by molar-refractivity contribution is 6.01. The number of hydrogen-bond donors (Lipinski definition) is 0. The van der Waals surface area contributed by atoms with Gasteiger partial charge < -0.3 is 19.4 Å². The van der Waals surface area contributed by atoms with Gasteiger partial charge >= 0.3 is 0 Å². The van der Waals surface area contributed by atoms with Crippen LogP contribution in [-0.2, 0) is 4.79 Å². The average Bonchev–Trinajstić information content (AvgIpc) is 3.31. The lowest BCUT2D eigenvalue weighted by atomic mass is 10.2. The minimum Gasteiger partial charge on any atom is -0.494 e. The van der Waals surface area contributed by atoms with E-state index in [1.165, 1.54) is 25.9 Å². The summed E-state index contributed by atoms with van der Waals surface area (Å²) in [5.41, 5.74) is 1.39. The molecular formula is C23H28N4O3. The average molecular weight is 409 g/mol. The third-order valence-electron chi connectivity index (χ3n) is 5.67. The molecule has 0 N–H and O–H groups in total. The van der Waals surface area contributed by atoms with E-state index in [1.807, 2.05) is 24.3 Å². The summed E-state index contributed by atoms with van der Waals surface area (Å²) in [6, 6.07) is 11.0. The summed E-state index contributed by atoms with van der Waals surface area (Å²) in [6.07, 6.45) is 6.82. The van der Waals surface area contributed by atoms with Crippen LogP contribution in [0.4, 0.5) is 5.69 Å². The van der Waals surface area contributed by atoms with E-state index >= 15 is 0 Å². The van der Waals surface area contributed by atoms with Crippen molar-refractivity contribution in [2.24, 2.45) is 0 Å². The molecular weight excluding hydrogens is 380 g/mol. The fraction of sp³-hybridized carbons (Fsp3) is 0.435. The van der Waals surface area contributed by atoms with Crippen molar-refractivity contribution in [3.8, 4) is 5.75 Å². The molecule has 2 aliphatic heterocycles. The number of amides is 2. The molecule has 0 atom stereocenters. The maximum absolute atomic E-state index is 12.6. The number of nitrogens with zero attached hydrogens (tertiary/aromatic N) is 4. The van der Waals surface area contributed by atoms with Crippen LogP contribution >= 0.6 is 0 Å². The van der Waals surface area contributed by atoms with Gasteiger partial charge in [-0.25, -0.2) is 0 Å². The molecule has 0 saturated carbocycles. The van der Waals surface area contributed by atoms with Gasteiger partial charge in [0.25, 0.3) is 5.91 Å². The maximum atomic E-state index is 12.6. The zero-order valence-corrected chi connectivity index (χ0v) is 17.2. The van der Waals surface area contributed by atoms with Gasteiger partial charge in [0.1, 0.15) is 12.3 Å². The largest absolute Gasteiger partial charge is 0.494 e. The molecule has 0 bridgehead atoms. The maximum Gasteiger partial charge on any atom is 0.254 e. The molecule has 158 valence electrons. The van der Waals surface area contributed by atoms with Gasteiger partial charge in [0.05, 0.1) is 6.61 Å². The fourth-order valence-corrected chi connectivity index (χ4v) is 4.00. The summed E-state index contributed by atoms with van der Waals surface area (Å²) in [6.45, 7) is 5.27. The second kappa shape index (κ2) is 9.71. The highest BCUT2D eigenvalue weighted by Gasteiger charge is 2.28. The van der Waals surface area contributed by atoms with Crippen LogP contribution in [-0.4, -0.2) is 72.5 Å². The number of rotatable bonds is 7. The Morgan fingerprint density at radius 3 is 2.40 bits per heavy atom. The van der Waals surface area contributed by atoms with Crippen molar-refractivity contribution in [1.82, 2.24) is 14.8 Å². The number of carbonyl (C=O) groups excluding carboxylic acids is 2. The smallest absolute Gasteiger partial charge is 0.254 e. The topological polar surface area (TPSA) is 66.0 Å². The number of carbonyl (C=O) groups is 2. The molecule has 3 heterocycles. The van der Waals surface area contributed by atoms with Crippen LogP contribution in [0.25, 0.3) is 0 Å². The quantitative estimate of drug-likeness (QED) is 0.659. The zero-order chi connectivity index (χ0) is 20.8. The van der Waals surface area contributed by atoms with Gasteiger partial charge in [-0.3, -0.25) is 14.6 Å². The lowest BCUT2D eigenvalue weighted by molar-refractivity contribution is -0.120. The second-order valence-corrected chi connectivity index (χ2v) is 7.75. The number of likely N-dealkylation sites (tertiary alicyclic amines) is 1. The third kappa shape index (κ3) is 4.97. The van der Waals surface area contributed by atoms with Crippen LogP contribution < -0.4 is 9.64 Å². The number of aromatic nitrogens is 1. The van der Waals surface area contributed by atoms with Gasteiger partial charge in [0.15, 0.2) is 0 Å². The first kappa shape index (κ1) is 20.3. The predicted octanol–water partition coefficient (Wildman–Crippen LogP) is 2.44.